The van der Waals surface area contributed by atoms with Crippen LogP contribution in [0.3, 0.4) is 0 Å². The average Bonchev–Trinajstić information content (AvgIpc) is 2.36. The van der Waals surface area contributed by atoms with Gasteiger partial charge in [-0.15, -0.1) is 0 Å². The van der Waals surface area contributed by atoms with E-state index < -0.39 is 0 Å². The van der Waals surface area contributed by atoms with E-state index in [0.717, 1.165) is 11.3 Å². The number of rotatable bonds is 3. The summed E-state index contributed by atoms with van der Waals surface area (Å²) >= 11 is 0. The smallest absolute Gasteiger partial charge is 0.311 e. The van der Waals surface area contributed by atoms with Crippen LogP contribution in [0.1, 0.15) is 18.2 Å². The first-order valence-corrected chi connectivity index (χ1v) is 4.02. The normalized spacial score (nSPS) is 9.83. The first-order chi connectivity index (χ1) is 5.72. The van der Waals surface area contributed by atoms with Gasteiger partial charge in [-0.05, 0) is 25.5 Å². The Morgan fingerprint density at radius 1 is 1.67 bits per heavy atom. The molecule has 0 fully saturated rings. The topological polar surface area (TPSA) is 42.1 Å². The van der Waals surface area contributed by atoms with Gasteiger partial charge in [0.2, 0.25) is 0 Å². The highest BCUT2D eigenvalue weighted by atomic mass is 16.5. The first kappa shape index (κ1) is 8.84. The number of aromatic nitrogens is 1. The summed E-state index contributed by atoms with van der Waals surface area (Å²) in [4.78, 5) is 14.0. The van der Waals surface area contributed by atoms with Crippen LogP contribution in [0.4, 0.5) is 0 Å². The molecule has 0 aliphatic heterocycles. The zero-order valence-electron chi connectivity index (χ0n) is 7.39. The van der Waals surface area contributed by atoms with E-state index in [1.165, 1.54) is 0 Å². The van der Waals surface area contributed by atoms with Gasteiger partial charge in [0.25, 0.3) is 0 Å². The van der Waals surface area contributed by atoms with Crippen LogP contribution in [0, 0.1) is 6.92 Å². The quantitative estimate of drug-likeness (QED) is 0.692. The fourth-order valence-corrected chi connectivity index (χ4v) is 1.03. The minimum Gasteiger partial charge on any atom is -0.466 e. The Labute approximate surface area is 71.7 Å². The molecule has 66 valence electrons. The van der Waals surface area contributed by atoms with Crippen molar-refractivity contribution in [1.82, 2.24) is 4.98 Å². The van der Waals surface area contributed by atoms with Crippen LogP contribution in [-0.4, -0.2) is 17.6 Å². The van der Waals surface area contributed by atoms with E-state index in [1.54, 1.807) is 6.92 Å². The van der Waals surface area contributed by atoms with E-state index in [1.807, 2.05) is 19.2 Å². The third-order valence-electron chi connectivity index (χ3n) is 1.53. The fraction of sp³-hybridized carbons (Fsp3) is 0.444. The van der Waals surface area contributed by atoms with Gasteiger partial charge in [-0.2, -0.15) is 0 Å². The largest absolute Gasteiger partial charge is 0.466 e. The van der Waals surface area contributed by atoms with Crippen LogP contribution in [0.15, 0.2) is 12.3 Å². The van der Waals surface area contributed by atoms with Gasteiger partial charge in [-0.1, -0.05) is 0 Å². The molecule has 0 bridgehead atoms. The Morgan fingerprint density at radius 2 is 2.42 bits per heavy atom. The highest BCUT2D eigenvalue weighted by Gasteiger charge is 2.04. The van der Waals surface area contributed by atoms with Crippen molar-refractivity contribution in [3.05, 3.63) is 23.5 Å². The summed E-state index contributed by atoms with van der Waals surface area (Å²) in [5, 5.41) is 0. The molecule has 12 heavy (non-hydrogen) atoms. The minimum absolute atomic E-state index is 0.181. The maximum absolute atomic E-state index is 11.0. The molecule has 1 heterocycles. The molecule has 0 saturated carbocycles. The molecule has 3 heteroatoms. The number of ether oxygens (including phenoxy) is 1. The van der Waals surface area contributed by atoms with E-state index in [-0.39, 0.29) is 5.97 Å². The number of aromatic amines is 1. The number of hydrogen-bond acceptors (Lipinski definition) is 2. The third kappa shape index (κ3) is 2.42. The highest BCUT2D eigenvalue weighted by Crippen LogP contribution is 2.02. The second kappa shape index (κ2) is 3.95. The Morgan fingerprint density at radius 3 is 2.92 bits per heavy atom. The molecule has 0 atom stereocenters. The molecule has 0 aromatic carbocycles. The summed E-state index contributed by atoms with van der Waals surface area (Å²) in [6.45, 7) is 4.22. The summed E-state index contributed by atoms with van der Waals surface area (Å²) in [5.74, 6) is -0.181. The van der Waals surface area contributed by atoms with Crippen molar-refractivity contribution in [2.45, 2.75) is 20.3 Å². The van der Waals surface area contributed by atoms with Crippen LogP contribution >= 0.6 is 0 Å². The monoisotopic (exact) mass is 167 g/mol. The van der Waals surface area contributed by atoms with Crippen molar-refractivity contribution < 1.29 is 9.53 Å². The average molecular weight is 167 g/mol. The number of hydrogen-bond donors (Lipinski definition) is 1. The predicted molar refractivity (Wildman–Crippen MR) is 45.9 cm³/mol. The van der Waals surface area contributed by atoms with Crippen molar-refractivity contribution in [1.29, 1.82) is 0 Å². The van der Waals surface area contributed by atoms with Crippen molar-refractivity contribution in [2.24, 2.45) is 0 Å². The maximum atomic E-state index is 11.0. The van der Waals surface area contributed by atoms with Crippen molar-refractivity contribution in [2.75, 3.05) is 6.61 Å². The molecule has 0 amide bonds. The number of carbonyl (C=O) groups excluding carboxylic acids is 1. The molecule has 1 rings (SSSR count). The van der Waals surface area contributed by atoms with E-state index in [9.17, 15) is 4.79 Å². The Bertz CT molecular complexity index is 265. The van der Waals surface area contributed by atoms with Gasteiger partial charge in [-0.25, -0.2) is 0 Å². The van der Waals surface area contributed by atoms with Crippen LogP contribution in [0.5, 0.6) is 0 Å². The molecule has 1 aromatic rings. The van der Waals surface area contributed by atoms with E-state index in [0.29, 0.717) is 13.0 Å². The summed E-state index contributed by atoms with van der Waals surface area (Å²) in [6, 6.07) is 1.94. The molecule has 1 aromatic heterocycles. The van der Waals surface area contributed by atoms with Crippen LogP contribution < -0.4 is 0 Å². The zero-order valence-corrected chi connectivity index (χ0v) is 7.39. The molecule has 3 nitrogen and oxygen atoms in total. The molecule has 0 saturated heterocycles. The molecule has 0 unspecified atom stereocenters. The van der Waals surface area contributed by atoms with E-state index in [4.69, 9.17) is 4.74 Å². The second-order valence-electron chi connectivity index (χ2n) is 2.68. The number of carbonyl (C=O) groups is 1. The molecule has 0 aliphatic carbocycles. The summed E-state index contributed by atoms with van der Waals surface area (Å²) < 4.78 is 4.80. The first-order valence-electron chi connectivity index (χ1n) is 4.02. The van der Waals surface area contributed by atoms with E-state index >= 15 is 0 Å². The van der Waals surface area contributed by atoms with Gasteiger partial charge in [0.15, 0.2) is 0 Å². The fourth-order valence-electron chi connectivity index (χ4n) is 1.03. The molecular formula is C9H13NO2. The zero-order chi connectivity index (χ0) is 8.97. The van der Waals surface area contributed by atoms with Crippen molar-refractivity contribution in [3.63, 3.8) is 0 Å². The highest BCUT2D eigenvalue weighted by molar-refractivity contribution is 5.72. The number of H-pyrrole nitrogens is 1. The van der Waals surface area contributed by atoms with Gasteiger partial charge in [0.1, 0.15) is 0 Å². The standard InChI is InChI=1S/C9H13NO2/c1-3-12-9(11)5-8-4-7(2)6-10-8/h4,6,10H,3,5H2,1-2H3. The lowest BCUT2D eigenvalue weighted by molar-refractivity contribution is -0.142. The van der Waals surface area contributed by atoms with Gasteiger partial charge < -0.3 is 9.72 Å². The van der Waals surface area contributed by atoms with Gasteiger partial charge in [0.05, 0.1) is 13.0 Å². The lowest BCUT2D eigenvalue weighted by Crippen LogP contribution is -2.07. The SMILES string of the molecule is CCOC(=O)Cc1cc(C)c[nH]1. The van der Waals surface area contributed by atoms with Gasteiger partial charge in [0, 0.05) is 11.9 Å². The second-order valence-corrected chi connectivity index (χ2v) is 2.68. The van der Waals surface area contributed by atoms with Crippen LogP contribution in [0.25, 0.3) is 0 Å². The molecule has 0 spiro atoms. The maximum Gasteiger partial charge on any atom is 0.311 e. The van der Waals surface area contributed by atoms with Crippen LogP contribution in [0.2, 0.25) is 0 Å². The van der Waals surface area contributed by atoms with Crippen molar-refractivity contribution in [3.8, 4) is 0 Å². The Kier molecular flexibility index (Phi) is 2.91. The summed E-state index contributed by atoms with van der Waals surface area (Å²) in [5.41, 5.74) is 2.04. The van der Waals surface area contributed by atoms with Crippen LogP contribution in [-0.2, 0) is 16.0 Å². The molecule has 0 radical (unpaired) electrons. The summed E-state index contributed by atoms with van der Waals surface area (Å²) in [6.07, 6.45) is 2.20. The Hall–Kier alpha value is -1.25. The van der Waals surface area contributed by atoms with Crippen molar-refractivity contribution >= 4 is 5.97 Å². The number of esters is 1. The lowest BCUT2D eigenvalue weighted by Gasteiger charge is -1.98. The molecular weight excluding hydrogens is 154 g/mol. The third-order valence-corrected chi connectivity index (χ3v) is 1.53. The predicted octanol–water partition coefficient (Wildman–Crippen LogP) is 1.43. The number of aryl methyl sites for hydroxylation is 1. The Balaban J connectivity index is 2.46. The summed E-state index contributed by atoms with van der Waals surface area (Å²) in [7, 11) is 0. The molecule has 0 aliphatic rings. The van der Waals surface area contributed by atoms with E-state index in [2.05, 4.69) is 4.98 Å². The molecule has 1 N–H and O–H groups in total. The van der Waals surface area contributed by atoms with Gasteiger partial charge >= 0.3 is 5.97 Å². The number of nitrogens with one attached hydrogen (secondary N) is 1. The van der Waals surface area contributed by atoms with Gasteiger partial charge in [-0.3, -0.25) is 4.79 Å². The minimum atomic E-state index is -0.181. The lowest BCUT2D eigenvalue weighted by atomic mass is 10.3.